The average Bonchev–Trinajstić information content (AvgIpc) is 2.87. The summed E-state index contributed by atoms with van der Waals surface area (Å²) >= 11 is 0. The van der Waals surface area contributed by atoms with Crippen molar-refractivity contribution in [3.05, 3.63) is 64.8 Å². The van der Waals surface area contributed by atoms with Gasteiger partial charge in [-0.1, -0.05) is 30.7 Å². The van der Waals surface area contributed by atoms with Crippen LogP contribution in [-0.4, -0.2) is 61.2 Å². The molecule has 7 nitrogen and oxygen atoms in total. The molecule has 1 saturated heterocycles. The van der Waals surface area contributed by atoms with Crippen LogP contribution in [0, 0.1) is 13.8 Å². The van der Waals surface area contributed by atoms with Gasteiger partial charge in [0.1, 0.15) is 17.3 Å². The number of hydrogen-bond donors (Lipinski definition) is 0. The molecular formula is C27H32N4O3. The van der Waals surface area contributed by atoms with E-state index in [-0.39, 0.29) is 5.91 Å². The van der Waals surface area contributed by atoms with Gasteiger partial charge in [-0.25, -0.2) is 9.97 Å². The van der Waals surface area contributed by atoms with E-state index in [4.69, 9.17) is 19.4 Å². The SMILES string of the molecule is CCc1c(C)nc(-c2cccc(C)c2)nc1N1CCN(C(=O)c2ccc(OC)cc2OC)CC1. The lowest BCUT2D eigenvalue weighted by atomic mass is 10.1. The van der Waals surface area contributed by atoms with Gasteiger partial charge in [0.25, 0.3) is 5.91 Å². The van der Waals surface area contributed by atoms with Crippen LogP contribution in [0.1, 0.15) is 34.1 Å². The van der Waals surface area contributed by atoms with Gasteiger partial charge >= 0.3 is 0 Å². The monoisotopic (exact) mass is 460 g/mol. The number of amides is 1. The first-order valence-corrected chi connectivity index (χ1v) is 11.7. The van der Waals surface area contributed by atoms with E-state index in [1.54, 1.807) is 32.4 Å². The summed E-state index contributed by atoms with van der Waals surface area (Å²) in [4.78, 5) is 27.2. The Hall–Kier alpha value is -3.61. The van der Waals surface area contributed by atoms with E-state index in [0.717, 1.165) is 34.9 Å². The lowest BCUT2D eigenvalue weighted by Gasteiger charge is -2.36. The highest BCUT2D eigenvalue weighted by Gasteiger charge is 2.27. The molecule has 0 atom stereocenters. The number of benzene rings is 2. The average molecular weight is 461 g/mol. The molecule has 7 heteroatoms. The maximum atomic E-state index is 13.2. The Morgan fingerprint density at radius 2 is 1.74 bits per heavy atom. The zero-order chi connectivity index (χ0) is 24.2. The fourth-order valence-electron chi connectivity index (χ4n) is 4.44. The number of rotatable bonds is 6. The van der Waals surface area contributed by atoms with Crippen LogP contribution in [0.5, 0.6) is 11.5 Å². The first-order valence-electron chi connectivity index (χ1n) is 11.7. The molecule has 0 radical (unpaired) electrons. The predicted molar refractivity (Wildman–Crippen MR) is 134 cm³/mol. The summed E-state index contributed by atoms with van der Waals surface area (Å²) in [7, 11) is 3.16. The number of carbonyl (C=O) groups excluding carboxylic acids is 1. The molecule has 0 saturated carbocycles. The molecule has 0 N–H and O–H groups in total. The fourth-order valence-corrected chi connectivity index (χ4v) is 4.44. The van der Waals surface area contributed by atoms with Crippen molar-refractivity contribution in [2.45, 2.75) is 27.2 Å². The van der Waals surface area contributed by atoms with Crippen molar-refractivity contribution in [1.29, 1.82) is 0 Å². The standard InChI is InChI=1S/C27H32N4O3/c1-6-22-19(3)28-25(20-9-7-8-18(2)16-20)29-26(22)30-12-14-31(15-13-30)27(32)23-11-10-21(33-4)17-24(23)34-5/h7-11,16-17H,6,12-15H2,1-5H3. The molecule has 2 aromatic carbocycles. The van der Waals surface area contributed by atoms with Crippen LogP contribution in [0.2, 0.25) is 0 Å². The summed E-state index contributed by atoms with van der Waals surface area (Å²) in [6.45, 7) is 8.91. The maximum Gasteiger partial charge on any atom is 0.257 e. The minimum Gasteiger partial charge on any atom is -0.497 e. The molecule has 1 fully saturated rings. The van der Waals surface area contributed by atoms with Crippen molar-refractivity contribution in [3.8, 4) is 22.9 Å². The smallest absolute Gasteiger partial charge is 0.257 e. The molecule has 1 aromatic heterocycles. The number of carbonyl (C=O) groups is 1. The molecule has 1 amide bonds. The molecular weight excluding hydrogens is 428 g/mol. The van der Waals surface area contributed by atoms with Gasteiger partial charge in [-0.3, -0.25) is 4.79 Å². The third kappa shape index (κ3) is 4.69. The van der Waals surface area contributed by atoms with Crippen LogP contribution in [0.3, 0.4) is 0 Å². The Morgan fingerprint density at radius 3 is 2.38 bits per heavy atom. The highest BCUT2D eigenvalue weighted by molar-refractivity contribution is 5.97. The van der Waals surface area contributed by atoms with Crippen LogP contribution in [-0.2, 0) is 6.42 Å². The molecule has 0 bridgehead atoms. The number of anilines is 1. The normalized spacial score (nSPS) is 13.7. The number of aromatic nitrogens is 2. The Morgan fingerprint density at radius 1 is 0.971 bits per heavy atom. The van der Waals surface area contributed by atoms with Crippen molar-refractivity contribution in [2.24, 2.45) is 0 Å². The van der Waals surface area contributed by atoms with Crippen molar-refractivity contribution in [2.75, 3.05) is 45.3 Å². The van der Waals surface area contributed by atoms with Crippen molar-refractivity contribution >= 4 is 11.7 Å². The van der Waals surface area contributed by atoms with Gasteiger partial charge in [-0.05, 0) is 38.5 Å². The second kappa shape index (κ2) is 10.1. The number of nitrogens with zero attached hydrogens (tertiary/aromatic N) is 4. The van der Waals surface area contributed by atoms with E-state index in [1.807, 2.05) is 11.0 Å². The van der Waals surface area contributed by atoms with E-state index in [9.17, 15) is 4.79 Å². The van der Waals surface area contributed by atoms with Crippen LogP contribution < -0.4 is 14.4 Å². The Balaban J connectivity index is 1.56. The minimum atomic E-state index is -0.0332. The number of aryl methyl sites for hydroxylation is 2. The second-order valence-electron chi connectivity index (χ2n) is 8.50. The Bertz CT molecular complexity index is 1190. The van der Waals surface area contributed by atoms with E-state index in [1.165, 1.54) is 5.56 Å². The van der Waals surface area contributed by atoms with Crippen molar-refractivity contribution in [3.63, 3.8) is 0 Å². The van der Waals surface area contributed by atoms with Gasteiger partial charge in [-0.15, -0.1) is 0 Å². The summed E-state index contributed by atoms with van der Waals surface area (Å²) < 4.78 is 10.7. The summed E-state index contributed by atoms with van der Waals surface area (Å²) in [5.41, 5.74) is 4.91. The molecule has 0 spiro atoms. The van der Waals surface area contributed by atoms with E-state index in [2.05, 4.69) is 43.9 Å². The first-order chi connectivity index (χ1) is 16.4. The van der Waals surface area contributed by atoms with Gasteiger partial charge in [0.15, 0.2) is 5.82 Å². The highest BCUT2D eigenvalue weighted by Crippen LogP contribution is 2.29. The van der Waals surface area contributed by atoms with Gasteiger partial charge in [0.2, 0.25) is 0 Å². The third-order valence-electron chi connectivity index (χ3n) is 6.33. The quantitative estimate of drug-likeness (QED) is 0.546. The van der Waals surface area contributed by atoms with Crippen LogP contribution >= 0.6 is 0 Å². The molecule has 3 aromatic rings. The molecule has 4 rings (SSSR count). The van der Waals surface area contributed by atoms with E-state index in [0.29, 0.717) is 43.2 Å². The molecule has 1 aliphatic rings. The minimum absolute atomic E-state index is 0.0332. The van der Waals surface area contributed by atoms with E-state index < -0.39 is 0 Å². The number of ether oxygens (including phenoxy) is 2. The van der Waals surface area contributed by atoms with E-state index >= 15 is 0 Å². The number of methoxy groups -OCH3 is 2. The second-order valence-corrected chi connectivity index (χ2v) is 8.50. The van der Waals surface area contributed by atoms with Crippen LogP contribution in [0.25, 0.3) is 11.4 Å². The van der Waals surface area contributed by atoms with Gasteiger partial charge < -0.3 is 19.3 Å². The molecule has 34 heavy (non-hydrogen) atoms. The lowest BCUT2D eigenvalue weighted by Crippen LogP contribution is -2.49. The molecule has 1 aliphatic heterocycles. The van der Waals surface area contributed by atoms with Gasteiger partial charge in [-0.2, -0.15) is 0 Å². The van der Waals surface area contributed by atoms with Crippen molar-refractivity contribution < 1.29 is 14.3 Å². The fraction of sp³-hybridized carbons (Fsp3) is 0.370. The summed E-state index contributed by atoms with van der Waals surface area (Å²) in [5.74, 6) is 2.87. The highest BCUT2D eigenvalue weighted by atomic mass is 16.5. The third-order valence-corrected chi connectivity index (χ3v) is 6.33. The van der Waals surface area contributed by atoms with Crippen LogP contribution in [0.15, 0.2) is 42.5 Å². The zero-order valence-corrected chi connectivity index (χ0v) is 20.6. The molecule has 2 heterocycles. The molecule has 178 valence electrons. The Kier molecular flexibility index (Phi) is 7.01. The predicted octanol–water partition coefficient (Wildman–Crippen LogP) is 4.30. The van der Waals surface area contributed by atoms with Gasteiger partial charge in [0.05, 0.1) is 19.8 Å². The van der Waals surface area contributed by atoms with Crippen molar-refractivity contribution in [1.82, 2.24) is 14.9 Å². The number of piperazine rings is 1. The van der Waals surface area contributed by atoms with Gasteiger partial charge in [0, 0.05) is 49.1 Å². The summed E-state index contributed by atoms with van der Waals surface area (Å²) in [6.07, 6.45) is 0.859. The largest absolute Gasteiger partial charge is 0.497 e. The Labute approximate surface area is 201 Å². The topological polar surface area (TPSA) is 67.8 Å². The summed E-state index contributed by atoms with van der Waals surface area (Å²) in [6, 6.07) is 13.6. The summed E-state index contributed by atoms with van der Waals surface area (Å²) in [5, 5.41) is 0. The van der Waals surface area contributed by atoms with Crippen LogP contribution in [0.4, 0.5) is 5.82 Å². The maximum absolute atomic E-state index is 13.2. The zero-order valence-electron chi connectivity index (χ0n) is 20.6. The number of hydrogen-bond acceptors (Lipinski definition) is 6. The molecule has 0 aliphatic carbocycles. The lowest BCUT2D eigenvalue weighted by molar-refractivity contribution is 0.0743. The first kappa shape index (κ1) is 23.5. The molecule has 0 unspecified atom stereocenters.